The van der Waals surface area contributed by atoms with Crippen molar-refractivity contribution in [1.29, 1.82) is 0 Å². The van der Waals surface area contributed by atoms with Crippen LogP contribution in [0, 0.1) is 0 Å². The van der Waals surface area contributed by atoms with Crippen LogP contribution in [0.4, 0.5) is 8.78 Å². The summed E-state index contributed by atoms with van der Waals surface area (Å²) in [5, 5.41) is 9.06. The molecule has 0 saturated heterocycles. The van der Waals surface area contributed by atoms with E-state index < -0.39 is 12.0 Å². The normalized spacial score (nSPS) is 13.3. The lowest BCUT2D eigenvalue weighted by Crippen LogP contribution is -2.18. The molecule has 0 aliphatic rings. The second-order valence-corrected chi connectivity index (χ2v) is 3.98. The third-order valence-electron chi connectivity index (χ3n) is 2.61. The van der Waals surface area contributed by atoms with Gasteiger partial charge >= 0.3 is 0 Å². The summed E-state index contributed by atoms with van der Waals surface area (Å²) in [5.74, 6) is -2.61. The van der Waals surface area contributed by atoms with E-state index in [9.17, 15) is 8.78 Å². The molecular weight excluding hydrogens is 244 g/mol. The Morgan fingerprint density at radius 2 is 1.94 bits per heavy atom. The van der Waals surface area contributed by atoms with E-state index in [1.165, 1.54) is 26.4 Å². The number of hydrogen-bond acceptors (Lipinski definition) is 4. The Balaban J connectivity index is 3.45. The Bertz CT molecular complexity index is 419. The van der Waals surface area contributed by atoms with Gasteiger partial charge in [0.1, 0.15) is 0 Å². The maximum absolute atomic E-state index is 13.4. The molecule has 1 atom stereocenters. The summed E-state index contributed by atoms with van der Waals surface area (Å²) in [5.41, 5.74) is 5.73. The molecule has 1 unspecified atom stereocenters. The number of methoxy groups -OCH3 is 2. The first kappa shape index (κ1) is 14.7. The van der Waals surface area contributed by atoms with Gasteiger partial charge in [-0.1, -0.05) is 0 Å². The number of aliphatic hydroxyl groups is 1. The summed E-state index contributed by atoms with van der Waals surface area (Å²) in [6.45, 7) is 0.404. The van der Waals surface area contributed by atoms with Gasteiger partial charge in [-0.05, 0) is 12.1 Å². The second kappa shape index (κ2) is 5.49. The first-order valence-electron chi connectivity index (χ1n) is 5.35. The SMILES string of the molecule is COc1cc(C(C)(F)F)cc(C(N)CO)c1OC. The van der Waals surface area contributed by atoms with Crippen molar-refractivity contribution in [2.24, 2.45) is 5.73 Å². The Morgan fingerprint density at radius 1 is 1.33 bits per heavy atom. The van der Waals surface area contributed by atoms with E-state index in [1.807, 2.05) is 0 Å². The Kier molecular flexibility index (Phi) is 4.48. The third-order valence-corrected chi connectivity index (χ3v) is 2.61. The molecular formula is C12H17F2NO3. The Morgan fingerprint density at radius 3 is 2.33 bits per heavy atom. The van der Waals surface area contributed by atoms with Crippen LogP contribution in [0.25, 0.3) is 0 Å². The van der Waals surface area contributed by atoms with Crippen LogP contribution >= 0.6 is 0 Å². The Labute approximate surface area is 104 Å². The number of nitrogens with two attached hydrogens (primary N) is 1. The second-order valence-electron chi connectivity index (χ2n) is 3.98. The van der Waals surface area contributed by atoms with Crippen LogP contribution in [-0.2, 0) is 5.92 Å². The van der Waals surface area contributed by atoms with Crippen LogP contribution in [0.15, 0.2) is 12.1 Å². The zero-order valence-corrected chi connectivity index (χ0v) is 10.5. The number of rotatable bonds is 5. The third kappa shape index (κ3) is 2.88. The molecule has 0 aromatic heterocycles. The van der Waals surface area contributed by atoms with Gasteiger partial charge in [0.15, 0.2) is 11.5 Å². The molecule has 6 heteroatoms. The summed E-state index contributed by atoms with van der Waals surface area (Å²) in [7, 11) is 2.74. The monoisotopic (exact) mass is 261 g/mol. The number of aliphatic hydroxyl groups excluding tert-OH is 1. The number of halogens is 2. The van der Waals surface area contributed by atoms with E-state index in [2.05, 4.69) is 0 Å². The van der Waals surface area contributed by atoms with Crippen molar-refractivity contribution in [3.8, 4) is 11.5 Å². The molecule has 4 nitrogen and oxygen atoms in total. The van der Waals surface area contributed by atoms with Crippen LogP contribution in [0.3, 0.4) is 0 Å². The van der Waals surface area contributed by atoms with Gasteiger partial charge in [-0.3, -0.25) is 0 Å². The highest BCUT2D eigenvalue weighted by Gasteiger charge is 2.28. The minimum atomic E-state index is -3.02. The Hall–Kier alpha value is -1.40. The van der Waals surface area contributed by atoms with E-state index in [-0.39, 0.29) is 29.2 Å². The predicted molar refractivity (Wildman–Crippen MR) is 63.1 cm³/mol. The molecule has 0 bridgehead atoms. The van der Waals surface area contributed by atoms with Crippen LogP contribution in [-0.4, -0.2) is 25.9 Å². The van der Waals surface area contributed by atoms with Crippen LogP contribution in [0.2, 0.25) is 0 Å². The van der Waals surface area contributed by atoms with E-state index in [0.717, 1.165) is 6.92 Å². The molecule has 0 saturated carbocycles. The lowest BCUT2D eigenvalue weighted by atomic mass is 10.00. The van der Waals surface area contributed by atoms with Gasteiger partial charge in [-0.25, -0.2) is 8.78 Å². The van der Waals surface area contributed by atoms with Crippen molar-refractivity contribution in [2.75, 3.05) is 20.8 Å². The summed E-state index contributed by atoms with van der Waals surface area (Å²) in [4.78, 5) is 0. The van der Waals surface area contributed by atoms with E-state index in [1.54, 1.807) is 0 Å². The fourth-order valence-corrected chi connectivity index (χ4v) is 1.62. The highest BCUT2D eigenvalue weighted by atomic mass is 19.3. The summed E-state index contributed by atoms with van der Waals surface area (Å²) in [6, 6.07) is 1.62. The zero-order chi connectivity index (χ0) is 13.9. The van der Waals surface area contributed by atoms with Crippen LogP contribution in [0.5, 0.6) is 11.5 Å². The average molecular weight is 261 g/mol. The maximum Gasteiger partial charge on any atom is 0.270 e. The van der Waals surface area contributed by atoms with Crippen LogP contribution < -0.4 is 15.2 Å². The minimum Gasteiger partial charge on any atom is -0.493 e. The van der Waals surface area contributed by atoms with Crippen LogP contribution in [0.1, 0.15) is 24.1 Å². The largest absolute Gasteiger partial charge is 0.493 e. The first-order chi connectivity index (χ1) is 8.35. The lowest BCUT2D eigenvalue weighted by molar-refractivity contribution is 0.0170. The van der Waals surface area contributed by atoms with E-state index in [0.29, 0.717) is 0 Å². The molecule has 18 heavy (non-hydrogen) atoms. The lowest BCUT2D eigenvalue weighted by Gasteiger charge is -2.20. The number of hydrogen-bond donors (Lipinski definition) is 2. The molecule has 0 spiro atoms. The molecule has 1 rings (SSSR count). The molecule has 102 valence electrons. The number of ether oxygens (including phenoxy) is 2. The minimum absolute atomic E-state index is 0.162. The van der Waals surface area contributed by atoms with Gasteiger partial charge in [0.05, 0.1) is 26.9 Å². The molecule has 0 radical (unpaired) electrons. The molecule has 3 N–H and O–H groups in total. The predicted octanol–water partition coefficient (Wildman–Crippen LogP) is 1.81. The first-order valence-corrected chi connectivity index (χ1v) is 5.35. The number of alkyl halides is 2. The van der Waals surface area contributed by atoms with Gasteiger partial charge in [0.25, 0.3) is 5.92 Å². The molecule has 0 amide bonds. The fraction of sp³-hybridized carbons (Fsp3) is 0.500. The average Bonchev–Trinajstić information content (AvgIpc) is 2.34. The highest BCUT2D eigenvalue weighted by Crippen LogP contribution is 2.39. The summed E-state index contributed by atoms with van der Waals surface area (Å²) in [6.07, 6.45) is 0. The quantitative estimate of drug-likeness (QED) is 0.848. The van der Waals surface area contributed by atoms with E-state index >= 15 is 0 Å². The van der Waals surface area contributed by atoms with Crippen molar-refractivity contribution in [3.05, 3.63) is 23.3 Å². The molecule has 0 heterocycles. The molecule has 1 aromatic rings. The molecule has 1 aromatic carbocycles. The standard InChI is InChI=1S/C12H17F2NO3/c1-12(13,14)7-4-8(9(15)6-16)11(18-3)10(5-7)17-2/h4-5,9,16H,6,15H2,1-3H3. The molecule has 0 aliphatic carbocycles. The van der Waals surface area contributed by atoms with Crippen molar-refractivity contribution < 1.29 is 23.4 Å². The topological polar surface area (TPSA) is 64.7 Å². The number of benzene rings is 1. The van der Waals surface area contributed by atoms with Crippen molar-refractivity contribution in [1.82, 2.24) is 0 Å². The molecule has 0 aliphatic heterocycles. The van der Waals surface area contributed by atoms with Gasteiger partial charge in [-0.15, -0.1) is 0 Å². The summed E-state index contributed by atoms with van der Waals surface area (Å²) < 4.78 is 36.8. The van der Waals surface area contributed by atoms with E-state index in [4.69, 9.17) is 20.3 Å². The maximum atomic E-state index is 13.4. The molecule has 0 fully saturated rings. The smallest absolute Gasteiger partial charge is 0.270 e. The van der Waals surface area contributed by atoms with Gasteiger partial charge in [-0.2, -0.15) is 0 Å². The summed E-state index contributed by atoms with van der Waals surface area (Å²) >= 11 is 0. The fourth-order valence-electron chi connectivity index (χ4n) is 1.62. The highest BCUT2D eigenvalue weighted by molar-refractivity contribution is 5.51. The van der Waals surface area contributed by atoms with Crippen molar-refractivity contribution in [3.63, 3.8) is 0 Å². The van der Waals surface area contributed by atoms with Gasteiger partial charge < -0.3 is 20.3 Å². The van der Waals surface area contributed by atoms with Gasteiger partial charge in [0, 0.05) is 18.1 Å². The van der Waals surface area contributed by atoms with Crippen molar-refractivity contribution >= 4 is 0 Å². The van der Waals surface area contributed by atoms with Gasteiger partial charge in [0.2, 0.25) is 0 Å². The van der Waals surface area contributed by atoms with Crippen molar-refractivity contribution in [2.45, 2.75) is 18.9 Å². The zero-order valence-electron chi connectivity index (χ0n) is 10.5.